The Morgan fingerprint density at radius 3 is 2.38 bits per heavy atom. The van der Waals surface area contributed by atoms with Gasteiger partial charge >= 0.3 is 17.9 Å². The van der Waals surface area contributed by atoms with Crippen molar-refractivity contribution in [3.8, 4) is 5.75 Å². The molecule has 0 spiro atoms. The quantitative estimate of drug-likeness (QED) is 0.280. The average molecular weight is 514 g/mol. The lowest BCUT2D eigenvalue weighted by Crippen LogP contribution is -2.55. The number of benzene rings is 1. The van der Waals surface area contributed by atoms with Crippen LogP contribution in [0, 0.1) is 29.6 Å². The molecule has 1 aromatic rings. The number of aryl methyl sites for hydroxylation is 1. The molecule has 1 aromatic carbocycles. The van der Waals surface area contributed by atoms with Gasteiger partial charge < -0.3 is 20.3 Å². The number of carbonyl (C=O) groups excluding carboxylic acids is 2. The van der Waals surface area contributed by atoms with E-state index < -0.39 is 42.7 Å². The minimum Gasteiger partial charge on any atom is -0.481 e. The van der Waals surface area contributed by atoms with Crippen molar-refractivity contribution >= 4 is 23.8 Å². The van der Waals surface area contributed by atoms with Crippen molar-refractivity contribution < 1.29 is 34.1 Å². The van der Waals surface area contributed by atoms with Gasteiger partial charge in [0.1, 0.15) is 5.75 Å². The Labute approximate surface area is 218 Å². The normalized spacial score (nSPS) is 30.3. The van der Waals surface area contributed by atoms with Crippen LogP contribution in [0.2, 0.25) is 0 Å². The molecule has 3 aliphatic rings. The van der Waals surface area contributed by atoms with E-state index in [4.69, 9.17) is 9.84 Å². The number of amides is 1. The van der Waals surface area contributed by atoms with E-state index in [-0.39, 0.29) is 16.6 Å². The highest BCUT2D eigenvalue weighted by atomic mass is 16.5. The fourth-order valence-corrected chi connectivity index (χ4v) is 8.34. The topological polar surface area (TPSA) is 130 Å². The number of hydrogen-bond donors (Lipinski definition) is 3. The summed E-state index contributed by atoms with van der Waals surface area (Å²) >= 11 is 0. The van der Waals surface area contributed by atoms with Crippen LogP contribution in [0.25, 0.3) is 0 Å². The van der Waals surface area contributed by atoms with Crippen molar-refractivity contribution in [2.45, 2.75) is 97.4 Å². The van der Waals surface area contributed by atoms with Crippen molar-refractivity contribution in [2.24, 2.45) is 22.7 Å². The molecule has 202 valence electrons. The van der Waals surface area contributed by atoms with Crippen LogP contribution in [0.1, 0.15) is 89.3 Å². The van der Waals surface area contributed by atoms with E-state index in [9.17, 15) is 24.3 Å². The van der Waals surface area contributed by atoms with Crippen LogP contribution in [0.3, 0.4) is 0 Å². The summed E-state index contributed by atoms with van der Waals surface area (Å²) < 4.78 is 5.47. The van der Waals surface area contributed by atoms with Crippen molar-refractivity contribution in [2.75, 3.05) is 0 Å². The fraction of sp³-hybridized carbons (Fsp3) is 0.655. The minimum atomic E-state index is -1.92. The van der Waals surface area contributed by atoms with Gasteiger partial charge in [-0.25, -0.2) is 9.59 Å². The van der Waals surface area contributed by atoms with E-state index in [1.165, 1.54) is 31.2 Å². The second-order valence-electron chi connectivity index (χ2n) is 12.5. The standard InChI is InChI=1S/C29H39NO7/c1-16-13-18(37-26(36)24(25(34)35)30-21(31)7-8-22(32)33)14-17-15-20-28(4)11-6-10-27(2,3)19(28)9-12-29(20,5)23(16)17/h13-14,19-20,24H,6-12,15H2,1-5H3,(H,30,31)(H,32,33)(H,34,35)/t19-,20?,24?,28?,29?/m0/s1. The highest BCUT2D eigenvalue weighted by Crippen LogP contribution is 2.67. The Balaban J connectivity index is 1.57. The lowest BCUT2D eigenvalue weighted by Gasteiger charge is -2.61. The molecule has 8 nitrogen and oxygen atoms in total. The molecule has 0 radical (unpaired) electrons. The van der Waals surface area contributed by atoms with Gasteiger partial charge in [-0.15, -0.1) is 0 Å². The molecule has 0 bridgehead atoms. The van der Waals surface area contributed by atoms with Crippen molar-refractivity contribution in [3.05, 3.63) is 28.8 Å². The lowest BCUT2D eigenvalue weighted by molar-refractivity contribution is -0.151. The van der Waals surface area contributed by atoms with E-state index in [1.807, 2.05) is 13.0 Å². The zero-order chi connectivity index (χ0) is 27.3. The molecule has 5 atom stereocenters. The maximum Gasteiger partial charge on any atom is 0.345 e. The van der Waals surface area contributed by atoms with Gasteiger partial charge in [0.2, 0.25) is 11.9 Å². The van der Waals surface area contributed by atoms with E-state index in [1.54, 1.807) is 6.07 Å². The Kier molecular flexibility index (Phi) is 6.93. The van der Waals surface area contributed by atoms with Crippen LogP contribution in [-0.4, -0.2) is 40.1 Å². The number of carboxylic acids is 2. The molecule has 37 heavy (non-hydrogen) atoms. The minimum absolute atomic E-state index is 0.0440. The molecular formula is C29H39NO7. The van der Waals surface area contributed by atoms with Gasteiger partial charge in [0.05, 0.1) is 6.42 Å². The maximum absolute atomic E-state index is 12.7. The summed E-state index contributed by atoms with van der Waals surface area (Å²) in [5, 5.41) is 20.3. The van der Waals surface area contributed by atoms with E-state index >= 15 is 0 Å². The Morgan fingerprint density at radius 2 is 1.73 bits per heavy atom. The molecule has 8 heteroatoms. The van der Waals surface area contributed by atoms with E-state index in [0.29, 0.717) is 17.3 Å². The van der Waals surface area contributed by atoms with Crippen LogP contribution in [0.15, 0.2) is 12.1 Å². The third kappa shape index (κ3) is 4.75. The van der Waals surface area contributed by atoms with Crippen molar-refractivity contribution in [3.63, 3.8) is 0 Å². The fourth-order valence-electron chi connectivity index (χ4n) is 8.34. The van der Waals surface area contributed by atoms with Gasteiger partial charge in [-0.1, -0.05) is 34.1 Å². The zero-order valence-corrected chi connectivity index (χ0v) is 22.5. The second kappa shape index (κ2) is 9.44. The van der Waals surface area contributed by atoms with Crippen LogP contribution >= 0.6 is 0 Å². The molecule has 1 amide bonds. The molecule has 3 aliphatic carbocycles. The summed E-state index contributed by atoms with van der Waals surface area (Å²) in [5.74, 6) is -3.29. The first-order valence-electron chi connectivity index (χ1n) is 13.3. The molecule has 0 heterocycles. The highest BCUT2D eigenvalue weighted by Gasteiger charge is 2.61. The van der Waals surface area contributed by atoms with Crippen molar-refractivity contribution in [1.29, 1.82) is 0 Å². The Morgan fingerprint density at radius 1 is 1.03 bits per heavy atom. The Hall–Kier alpha value is -2.90. The predicted molar refractivity (Wildman–Crippen MR) is 136 cm³/mol. The molecule has 3 N–H and O–H groups in total. The zero-order valence-electron chi connectivity index (χ0n) is 22.5. The monoisotopic (exact) mass is 513 g/mol. The SMILES string of the molecule is Cc1cc(OC(=O)C(NC(=O)CCC(=O)O)C(=O)O)cc2c1C1(C)CC[C@H]3C(C)(C)CCCC3(C)C1C2. The van der Waals surface area contributed by atoms with Gasteiger partial charge in [0.25, 0.3) is 0 Å². The number of aliphatic carboxylic acids is 2. The summed E-state index contributed by atoms with van der Waals surface area (Å²) in [4.78, 5) is 47.0. The number of esters is 1. The first-order valence-corrected chi connectivity index (χ1v) is 13.3. The number of nitrogens with one attached hydrogen (secondary N) is 1. The molecule has 2 fully saturated rings. The van der Waals surface area contributed by atoms with E-state index in [2.05, 4.69) is 33.0 Å². The largest absolute Gasteiger partial charge is 0.481 e. The molecule has 0 saturated heterocycles. The lowest BCUT2D eigenvalue weighted by atomic mass is 9.43. The van der Waals surface area contributed by atoms with Crippen LogP contribution < -0.4 is 10.1 Å². The summed E-state index contributed by atoms with van der Waals surface area (Å²) in [6.07, 6.45) is 6.05. The van der Waals surface area contributed by atoms with Gasteiger partial charge in [-0.2, -0.15) is 0 Å². The first kappa shape index (κ1) is 27.1. The van der Waals surface area contributed by atoms with Crippen LogP contribution in [0.5, 0.6) is 5.75 Å². The van der Waals surface area contributed by atoms with Crippen LogP contribution in [-0.2, 0) is 31.0 Å². The Bertz CT molecular complexity index is 1140. The average Bonchev–Trinajstić information content (AvgIpc) is 3.09. The number of carbonyl (C=O) groups is 4. The summed E-state index contributed by atoms with van der Waals surface area (Å²) in [5.41, 5.74) is 4.10. The van der Waals surface area contributed by atoms with Crippen LogP contribution in [0.4, 0.5) is 0 Å². The van der Waals surface area contributed by atoms with Gasteiger partial charge in [0, 0.05) is 6.42 Å². The smallest absolute Gasteiger partial charge is 0.345 e. The second-order valence-corrected chi connectivity index (χ2v) is 12.5. The van der Waals surface area contributed by atoms with Gasteiger partial charge in [-0.05, 0) is 95.9 Å². The number of rotatable bonds is 7. The van der Waals surface area contributed by atoms with Gasteiger partial charge in [-0.3, -0.25) is 9.59 Å². The molecule has 0 aromatic heterocycles. The number of ether oxygens (including phenoxy) is 1. The molecule has 0 aliphatic heterocycles. The first-order chi connectivity index (χ1) is 17.2. The number of hydrogen-bond acceptors (Lipinski definition) is 5. The third-order valence-electron chi connectivity index (χ3n) is 9.75. The molecule has 2 saturated carbocycles. The number of fused-ring (bicyclic) bond motifs is 5. The molecular weight excluding hydrogens is 474 g/mol. The summed E-state index contributed by atoms with van der Waals surface area (Å²) in [6.45, 7) is 11.7. The maximum atomic E-state index is 12.7. The molecule has 4 rings (SSSR count). The summed E-state index contributed by atoms with van der Waals surface area (Å²) in [7, 11) is 0. The van der Waals surface area contributed by atoms with Gasteiger partial charge in [0.15, 0.2) is 0 Å². The predicted octanol–water partition coefficient (Wildman–Crippen LogP) is 4.39. The summed E-state index contributed by atoms with van der Waals surface area (Å²) in [6, 6.07) is 1.73. The number of carboxylic acid groups (broad SMARTS) is 2. The third-order valence-corrected chi connectivity index (χ3v) is 9.75. The van der Waals surface area contributed by atoms with E-state index in [0.717, 1.165) is 24.0 Å². The van der Waals surface area contributed by atoms with Crippen molar-refractivity contribution in [1.82, 2.24) is 5.32 Å². The molecule has 4 unspecified atom stereocenters. The highest BCUT2D eigenvalue weighted by molar-refractivity contribution is 6.02.